The first-order valence-corrected chi connectivity index (χ1v) is 7.17. The highest BCUT2D eigenvalue weighted by Gasteiger charge is 2.13. The van der Waals surface area contributed by atoms with Crippen molar-refractivity contribution in [3.8, 4) is 10.6 Å². The van der Waals surface area contributed by atoms with Gasteiger partial charge in [0, 0.05) is 18.7 Å². The maximum atomic E-state index is 11.6. The molecule has 1 amide bonds. The van der Waals surface area contributed by atoms with Crippen LogP contribution in [-0.2, 0) is 11.3 Å². The van der Waals surface area contributed by atoms with Crippen LogP contribution in [0.3, 0.4) is 0 Å². The third-order valence-corrected chi connectivity index (χ3v) is 3.72. The van der Waals surface area contributed by atoms with E-state index < -0.39 is 0 Å². The fraction of sp³-hybridized carbons (Fsp3) is 0.385. The summed E-state index contributed by atoms with van der Waals surface area (Å²) in [6.07, 6.45) is 1.80. The van der Waals surface area contributed by atoms with E-state index in [-0.39, 0.29) is 11.9 Å². The molecule has 0 aliphatic heterocycles. The van der Waals surface area contributed by atoms with Crippen molar-refractivity contribution in [1.82, 2.24) is 20.8 Å². The Labute approximate surface area is 116 Å². The first kappa shape index (κ1) is 13.8. The molecule has 1 unspecified atom stereocenters. The van der Waals surface area contributed by atoms with Crippen molar-refractivity contribution in [3.05, 3.63) is 29.3 Å². The van der Waals surface area contributed by atoms with Crippen molar-refractivity contribution in [3.63, 3.8) is 0 Å². The zero-order valence-corrected chi connectivity index (χ0v) is 11.9. The summed E-state index contributed by atoms with van der Waals surface area (Å²) in [6.45, 7) is 5.03. The number of likely N-dealkylation sites (N-methyl/N-ethyl adjacent to an activating group) is 1. The third kappa shape index (κ3) is 3.42. The standard InChI is InChI=1S/C13H18N4OS/c1-3-14-13(18)9(2)15-7-10-8-16-17-12(10)11-5-4-6-19-11/h4-6,8-9,15H,3,7H2,1-2H3,(H,14,18)(H,16,17). The number of nitrogens with one attached hydrogen (secondary N) is 3. The number of carbonyl (C=O) groups excluding carboxylic acids is 1. The lowest BCUT2D eigenvalue weighted by atomic mass is 10.2. The van der Waals surface area contributed by atoms with Crippen LogP contribution in [0.25, 0.3) is 10.6 Å². The number of aromatic nitrogens is 2. The SMILES string of the molecule is CCNC(=O)C(C)NCc1cn[nH]c1-c1cccs1. The van der Waals surface area contributed by atoms with Crippen LogP contribution in [0.4, 0.5) is 0 Å². The van der Waals surface area contributed by atoms with Crippen LogP contribution in [0.1, 0.15) is 19.4 Å². The molecule has 0 radical (unpaired) electrons. The maximum absolute atomic E-state index is 11.6. The monoisotopic (exact) mass is 278 g/mol. The second-order valence-electron chi connectivity index (χ2n) is 4.24. The summed E-state index contributed by atoms with van der Waals surface area (Å²) < 4.78 is 0. The minimum absolute atomic E-state index is 0.0173. The summed E-state index contributed by atoms with van der Waals surface area (Å²) in [7, 11) is 0. The van der Waals surface area contributed by atoms with Crippen LogP contribution >= 0.6 is 11.3 Å². The van der Waals surface area contributed by atoms with Crippen LogP contribution < -0.4 is 10.6 Å². The average Bonchev–Trinajstić information content (AvgIpc) is 3.06. The molecule has 0 aliphatic rings. The third-order valence-electron chi connectivity index (χ3n) is 2.83. The largest absolute Gasteiger partial charge is 0.355 e. The van der Waals surface area contributed by atoms with Gasteiger partial charge in [0.2, 0.25) is 5.91 Å². The topological polar surface area (TPSA) is 69.8 Å². The first-order valence-electron chi connectivity index (χ1n) is 6.29. The Morgan fingerprint density at radius 2 is 2.42 bits per heavy atom. The lowest BCUT2D eigenvalue weighted by Crippen LogP contribution is -2.41. The van der Waals surface area contributed by atoms with Gasteiger partial charge >= 0.3 is 0 Å². The minimum Gasteiger partial charge on any atom is -0.355 e. The minimum atomic E-state index is -0.217. The number of rotatable bonds is 6. The first-order chi connectivity index (χ1) is 9.22. The zero-order chi connectivity index (χ0) is 13.7. The summed E-state index contributed by atoms with van der Waals surface area (Å²) >= 11 is 1.67. The highest BCUT2D eigenvalue weighted by atomic mass is 32.1. The molecular weight excluding hydrogens is 260 g/mol. The molecule has 0 spiro atoms. The normalized spacial score (nSPS) is 12.3. The van der Waals surface area contributed by atoms with Gasteiger partial charge in [-0.2, -0.15) is 5.10 Å². The lowest BCUT2D eigenvalue weighted by molar-refractivity contribution is -0.122. The molecule has 3 N–H and O–H groups in total. The molecule has 0 aliphatic carbocycles. The van der Waals surface area contributed by atoms with Crippen LogP contribution in [0, 0.1) is 0 Å². The van der Waals surface area contributed by atoms with Crippen LogP contribution in [0.15, 0.2) is 23.7 Å². The summed E-state index contributed by atoms with van der Waals surface area (Å²) in [4.78, 5) is 12.8. The number of amides is 1. The average molecular weight is 278 g/mol. The fourth-order valence-electron chi connectivity index (χ4n) is 1.76. The number of aromatic amines is 1. The molecule has 0 aromatic carbocycles. The van der Waals surface area contributed by atoms with Gasteiger partial charge in [0.15, 0.2) is 0 Å². The molecule has 0 saturated carbocycles. The van der Waals surface area contributed by atoms with Gasteiger partial charge in [-0.1, -0.05) is 6.07 Å². The highest BCUT2D eigenvalue weighted by Crippen LogP contribution is 2.25. The van der Waals surface area contributed by atoms with Crippen molar-refractivity contribution in [2.45, 2.75) is 26.4 Å². The Morgan fingerprint density at radius 1 is 1.58 bits per heavy atom. The van der Waals surface area contributed by atoms with Crippen LogP contribution in [-0.4, -0.2) is 28.7 Å². The summed E-state index contributed by atoms with van der Waals surface area (Å²) in [5, 5.41) is 15.1. The van der Waals surface area contributed by atoms with Crippen molar-refractivity contribution >= 4 is 17.2 Å². The van der Waals surface area contributed by atoms with E-state index in [2.05, 4.69) is 26.9 Å². The lowest BCUT2D eigenvalue weighted by Gasteiger charge is -2.12. The second kappa shape index (κ2) is 6.49. The summed E-state index contributed by atoms with van der Waals surface area (Å²) in [5.41, 5.74) is 2.09. The highest BCUT2D eigenvalue weighted by molar-refractivity contribution is 7.13. The van der Waals surface area contributed by atoms with Crippen molar-refractivity contribution in [1.29, 1.82) is 0 Å². The Kier molecular flexibility index (Phi) is 4.70. The number of hydrogen-bond acceptors (Lipinski definition) is 4. The molecule has 0 fully saturated rings. The van der Waals surface area contributed by atoms with Crippen molar-refractivity contribution in [2.24, 2.45) is 0 Å². The van der Waals surface area contributed by atoms with Crippen LogP contribution in [0.5, 0.6) is 0 Å². The number of carbonyl (C=O) groups is 1. The molecule has 102 valence electrons. The quantitative estimate of drug-likeness (QED) is 0.754. The van der Waals surface area contributed by atoms with Gasteiger partial charge in [0.1, 0.15) is 0 Å². The van der Waals surface area contributed by atoms with Gasteiger partial charge in [-0.3, -0.25) is 9.89 Å². The Balaban J connectivity index is 1.97. The van der Waals surface area contributed by atoms with Gasteiger partial charge in [0.25, 0.3) is 0 Å². The van der Waals surface area contributed by atoms with E-state index in [9.17, 15) is 4.79 Å². The van der Waals surface area contributed by atoms with E-state index in [1.807, 2.05) is 25.3 Å². The van der Waals surface area contributed by atoms with E-state index in [0.717, 1.165) is 16.1 Å². The van der Waals surface area contributed by atoms with Crippen molar-refractivity contribution in [2.75, 3.05) is 6.54 Å². The van der Waals surface area contributed by atoms with Gasteiger partial charge < -0.3 is 10.6 Å². The second-order valence-corrected chi connectivity index (χ2v) is 5.19. The number of thiophene rings is 1. The van der Waals surface area contributed by atoms with E-state index in [0.29, 0.717) is 13.1 Å². The molecule has 0 bridgehead atoms. The Hall–Kier alpha value is -1.66. The molecule has 2 heterocycles. The van der Waals surface area contributed by atoms with Crippen LogP contribution in [0.2, 0.25) is 0 Å². The molecule has 0 saturated heterocycles. The number of H-pyrrole nitrogens is 1. The molecule has 1 atom stereocenters. The molecule has 2 aromatic heterocycles. The molecular formula is C13H18N4OS. The van der Waals surface area contributed by atoms with E-state index >= 15 is 0 Å². The Bertz CT molecular complexity index is 520. The van der Waals surface area contributed by atoms with E-state index in [1.165, 1.54) is 0 Å². The fourth-order valence-corrected chi connectivity index (χ4v) is 2.52. The number of nitrogens with zero attached hydrogens (tertiary/aromatic N) is 1. The summed E-state index contributed by atoms with van der Waals surface area (Å²) in [6, 6.07) is 3.84. The predicted molar refractivity (Wildman–Crippen MR) is 76.9 cm³/mol. The zero-order valence-electron chi connectivity index (χ0n) is 11.1. The van der Waals surface area contributed by atoms with Gasteiger partial charge in [-0.05, 0) is 25.3 Å². The smallest absolute Gasteiger partial charge is 0.236 e. The molecule has 5 nitrogen and oxygen atoms in total. The molecule has 19 heavy (non-hydrogen) atoms. The maximum Gasteiger partial charge on any atom is 0.236 e. The Morgan fingerprint density at radius 3 is 3.11 bits per heavy atom. The molecule has 2 aromatic rings. The van der Waals surface area contributed by atoms with E-state index in [1.54, 1.807) is 17.5 Å². The van der Waals surface area contributed by atoms with Gasteiger partial charge in [-0.25, -0.2) is 0 Å². The van der Waals surface area contributed by atoms with E-state index in [4.69, 9.17) is 0 Å². The number of hydrogen-bond donors (Lipinski definition) is 3. The molecule has 6 heteroatoms. The van der Waals surface area contributed by atoms with Gasteiger partial charge in [0.05, 0.1) is 22.8 Å². The molecule has 2 rings (SSSR count). The predicted octanol–water partition coefficient (Wildman–Crippen LogP) is 1.75. The summed E-state index contributed by atoms with van der Waals surface area (Å²) in [5.74, 6) is 0.0173. The van der Waals surface area contributed by atoms with Gasteiger partial charge in [-0.15, -0.1) is 11.3 Å². The van der Waals surface area contributed by atoms with Crippen molar-refractivity contribution < 1.29 is 4.79 Å².